The molecule has 1 heterocycles. The maximum absolute atomic E-state index is 13.3. The molecular formula is C13H14FN3. The van der Waals surface area contributed by atoms with E-state index in [2.05, 4.69) is 15.3 Å². The summed E-state index contributed by atoms with van der Waals surface area (Å²) in [6.45, 7) is 2.52. The molecule has 0 aliphatic heterocycles. The van der Waals surface area contributed by atoms with Crippen molar-refractivity contribution >= 4 is 0 Å². The van der Waals surface area contributed by atoms with E-state index in [-0.39, 0.29) is 5.82 Å². The van der Waals surface area contributed by atoms with Crippen molar-refractivity contribution in [3.05, 3.63) is 47.5 Å². The van der Waals surface area contributed by atoms with Gasteiger partial charge in [0, 0.05) is 18.3 Å². The molecule has 4 heteroatoms. The predicted octanol–water partition coefficient (Wildman–Crippen LogP) is 2.31. The topological polar surface area (TPSA) is 37.8 Å². The Balaban J connectivity index is 2.41. The van der Waals surface area contributed by atoms with Crippen LogP contribution in [0.1, 0.15) is 11.3 Å². The SMILES string of the molecule is CNCc1ccnc(-c2cc(C)cc(F)c2)n1. The highest BCUT2D eigenvalue weighted by molar-refractivity contribution is 5.56. The van der Waals surface area contributed by atoms with Crippen molar-refractivity contribution in [1.82, 2.24) is 15.3 Å². The molecule has 0 aliphatic carbocycles. The molecule has 2 rings (SSSR count). The van der Waals surface area contributed by atoms with E-state index in [0.717, 1.165) is 11.3 Å². The van der Waals surface area contributed by atoms with Gasteiger partial charge in [-0.1, -0.05) is 0 Å². The van der Waals surface area contributed by atoms with Gasteiger partial charge in [-0.15, -0.1) is 0 Å². The zero-order valence-electron chi connectivity index (χ0n) is 9.87. The second-order valence-electron chi connectivity index (χ2n) is 3.92. The first-order valence-electron chi connectivity index (χ1n) is 5.43. The summed E-state index contributed by atoms with van der Waals surface area (Å²) in [6.07, 6.45) is 1.69. The van der Waals surface area contributed by atoms with Crippen molar-refractivity contribution in [3.63, 3.8) is 0 Å². The monoisotopic (exact) mass is 231 g/mol. The van der Waals surface area contributed by atoms with E-state index in [0.29, 0.717) is 17.9 Å². The van der Waals surface area contributed by atoms with Crippen LogP contribution in [-0.2, 0) is 6.54 Å². The lowest BCUT2D eigenvalue weighted by atomic mass is 10.1. The average molecular weight is 231 g/mol. The van der Waals surface area contributed by atoms with Gasteiger partial charge >= 0.3 is 0 Å². The summed E-state index contributed by atoms with van der Waals surface area (Å²) in [4.78, 5) is 8.54. The van der Waals surface area contributed by atoms with Crippen molar-refractivity contribution in [3.8, 4) is 11.4 Å². The molecule has 1 aromatic carbocycles. The Morgan fingerprint density at radius 2 is 2.12 bits per heavy atom. The largest absolute Gasteiger partial charge is 0.314 e. The fourth-order valence-electron chi connectivity index (χ4n) is 1.68. The molecular weight excluding hydrogens is 217 g/mol. The number of halogens is 1. The zero-order chi connectivity index (χ0) is 12.3. The minimum Gasteiger partial charge on any atom is -0.314 e. The number of rotatable bonds is 3. The van der Waals surface area contributed by atoms with E-state index < -0.39 is 0 Å². The first kappa shape index (κ1) is 11.7. The second-order valence-corrected chi connectivity index (χ2v) is 3.92. The van der Waals surface area contributed by atoms with Crippen LogP contribution in [0.3, 0.4) is 0 Å². The Kier molecular flexibility index (Phi) is 3.44. The molecule has 0 aliphatic rings. The van der Waals surface area contributed by atoms with Gasteiger partial charge in [-0.3, -0.25) is 0 Å². The third kappa shape index (κ3) is 2.85. The lowest BCUT2D eigenvalue weighted by Gasteiger charge is -2.04. The van der Waals surface area contributed by atoms with Crippen LogP contribution in [0.5, 0.6) is 0 Å². The maximum atomic E-state index is 13.3. The summed E-state index contributed by atoms with van der Waals surface area (Å²) in [6, 6.07) is 6.65. The highest BCUT2D eigenvalue weighted by atomic mass is 19.1. The fraction of sp³-hybridized carbons (Fsp3) is 0.231. The summed E-state index contributed by atoms with van der Waals surface area (Å²) in [5.74, 6) is 0.294. The first-order chi connectivity index (χ1) is 8.19. The van der Waals surface area contributed by atoms with Crippen LogP contribution in [0.25, 0.3) is 11.4 Å². The Bertz CT molecular complexity index is 506. The van der Waals surface area contributed by atoms with Crippen molar-refractivity contribution < 1.29 is 4.39 Å². The van der Waals surface area contributed by atoms with Crippen LogP contribution >= 0.6 is 0 Å². The normalized spacial score (nSPS) is 10.5. The third-order valence-corrected chi connectivity index (χ3v) is 2.37. The second kappa shape index (κ2) is 5.01. The molecule has 1 aromatic heterocycles. The maximum Gasteiger partial charge on any atom is 0.159 e. The van der Waals surface area contributed by atoms with E-state index in [1.54, 1.807) is 6.20 Å². The number of nitrogens with zero attached hydrogens (tertiary/aromatic N) is 2. The number of hydrogen-bond donors (Lipinski definition) is 1. The van der Waals surface area contributed by atoms with Gasteiger partial charge < -0.3 is 5.32 Å². The summed E-state index contributed by atoms with van der Waals surface area (Å²) in [5, 5.41) is 3.02. The molecule has 0 saturated carbocycles. The van der Waals surface area contributed by atoms with E-state index in [1.165, 1.54) is 12.1 Å². The molecule has 0 radical (unpaired) electrons. The summed E-state index contributed by atoms with van der Waals surface area (Å²) in [7, 11) is 1.86. The van der Waals surface area contributed by atoms with Gasteiger partial charge in [0.15, 0.2) is 5.82 Å². The van der Waals surface area contributed by atoms with E-state index in [4.69, 9.17) is 0 Å². The smallest absolute Gasteiger partial charge is 0.159 e. The molecule has 1 N–H and O–H groups in total. The van der Waals surface area contributed by atoms with Gasteiger partial charge in [0.25, 0.3) is 0 Å². The number of benzene rings is 1. The molecule has 0 amide bonds. The molecule has 88 valence electrons. The summed E-state index contributed by atoms with van der Waals surface area (Å²) in [5.41, 5.74) is 2.46. The predicted molar refractivity (Wildman–Crippen MR) is 64.9 cm³/mol. The van der Waals surface area contributed by atoms with Crippen LogP contribution in [0, 0.1) is 12.7 Å². The average Bonchev–Trinajstić information content (AvgIpc) is 2.28. The molecule has 0 saturated heterocycles. The Hall–Kier alpha value is -1.81. The number of aryl methyl sites for hydroxylation is 1. The number of nitrogens with one attached hydrogen (secondary N) is 1. The van der Waals surface area contributed by atoms with Gasteiger partial charge in [-0.25, -0.2) is 14.4 Å². The molecule has 0 unspecified atom stereocenters. The summed E-state index contributed by atoms with van der Waals surface area (Å²) < 4.78 is 13.3. The number of aromatic nitrogens is 2. The Morgan fingerprint density at radius 1 is 1.29 bits per heavy atom. The van der Waals surface area contributed by atoms with Crippen molar-refractivity contribution in [1.29, 1.82) is 0 Å². The third-order valence-electron chi connectivity index (χ3n) is 2.37. The van der Waals surface area contributed by atoms with Gasteiger partial charge in [-0.2, -0.15) is 0 Å². The van der Waals surface area contributed by atoms with Crippen LogP contribution in [0.2, 0.25) is 0 Å². The molecule has 17 heavy (non-hydrogen) atoms. The molecule has 0 bridgehead atoms. The standard InChI is InChI=1S/C13H14FN3/c1-9-5-10(7-11(14)6-9)13-16-4-3-12(17-13)8-15-2/h3-7,15H,8H2,1-2H3. The lowest BCUT2D eigenvalue weighted by Crippen LogP contribution is -2.07. The van der Waals surface area contributed by atoms with Crippen LogP contribution in [0.15, 0.2) is 30.5 Å². The quantitative estimate of drug-likeness (QED) is 0.880. The summed E-state index contributed by atoms with van der Waals surface area (Å²) >= 11 is 0. The minimum atomic E-state index is -0.261. The molecule has 3 nitrogen and oxygen atoms in total. The van der Waals surface area contributed by atoms with Gasteiger partial charge in [0.2, 0.25) is 0 Å². The van der Waals surface area contributed by atoms with Crippen molar-refractivity contribution in [2.45, 2.75) is 13.5 Å². The Labute approximate surface area is 99.7 Å². The van der Waals surface area contributed by atoms with Gasteiger partial charge in [0.1, 0.15) is 5.82 Å². The zero-order valence-corrected chi connectivity index (χ0v) is 9.87. The van der Waals surface area contributed by atoms with Gasteiger partial charge in [-0.05, 0) is 43.8 Å². The minimum absolute atomic E-state index is 0.261. The van der Waals surface area contributed by atoms with E-state index >= 15 is 0 Å². The molecule has 0 spiro atoms. The van der Waals surface area contributed by atoms with Crippen LogP contribution in [0.4, 0.5) is 4.39 Å². The number of hydrogen-bond acceptors (Lipinski definition) is 3. The molecule has 0 atom stereocenters. The molecule has 2 aromatic rings. The lowest BCUT2D eigenvalue weighted by molar-refractivity contribution is 0.627. The first-order valence-corrected chi connectivity index (χ1v) is 5.43. The van der Waals surface area contributed by atoms with Crippen molar-refractivity contribution in [2.75, 3.05) is 7.05 Å². The van der Waals surface area contributed by atoms with Crippen molar-refractivity contribution in [2.24, 2.45) is 0 Å². The highest BCUT2D eigenvalue weighted by Gasteiger charge is 2.05. The van der Waals surface area contributed by atoms with E-state index in [1.807, 2.05) is 26.1 Å². The van der Waals surface area contributed by atoms with Crippen LogP contribution < -0.4 is 5.32 Å². The van der Waals surface area contributed by atoms with E-state index in [9.17, 15) is 4.39 Å². The highest BCUT2D eigenvalue weighted by Crippen LogP contribution is 2.18. The Morgan fingerprint density at radius 3 is 2.82 bits per heavy atom. The van der Waals surface area contributed by atoms with Gasteiger partial charge in [0.05, 0.1) is 5.69 Å². The fourth-order valence-corrected chi connectivity index (χ4v) is 1.68. The van der Waals surface area contributed by atoms with Crippen LogP contribution in [-0.4, -0.2) is 17.0 Å². The molecule has 0 fully saturated rings.